The molecule has 1 aliphatic heterocycles. The summed E-state index contributed by atoms with van der Waals surface area (Å²) in [7, 11) is 0. The summed E-state index contributed by atoms with van der Waals surface area (Å²) in [4.78, 5) is 17.2. The Labute approximate surface area is 162 Å². The zero-order valence-corrected chi connectivity index (χ0v) is 15.9. The van der Waals surface area contributed by atoms with E-state index in [2.05, 4.69) is 17.2 Å². The number of rotatable bonds is 6. The maximum absolute atomic E-state index is 12.1. The van der Waals surface area contributed by atoms with Crippen molar-refractivity contribution in [2.45, 2.75) is 19.8 Å². The van der Waals surface area contributed by atoms with Crippen molar-refractivity contribution in [1.82, 2.24) is 5.32 Å². The number of nitrogens with one attached hydrogen (secondary N) is 1. The molecule has 0 unspecified atom stereocenters. The Morgan fingerprint density at radius 2 is 1.88 bits per heavy atom. The smallest absolute Gasteiger partial charge is 0.264 e. The molecule has 134 valence electrons. The van der Waals surface area contributed by atoms with Crippen molar-refractivity contribution in [2.75, 3.05) is 6.61 Å². The first kappa shape index (κ1) is 18.5. The van der Waals surface area contributed by atoms with Crippen LogP contribution in [-0.4, -0.2) is 17.7 Å². The minimum Gasteiger partial charge on any atom is -0.494 e. The predicted molar refractivity (Wildman–Crippen MR) is 109 cm³/mol. The second-order valence-electron chi connectivity index (χ2n) is 5.73. The first-order valence-corrected chi connectivity index (χ1v) is 9.61. The number of nitrogens with zero attached hydrogens (tertiary/aromatic N) is 1. The minimum atomic E-state index is -0.147. The lowest BCUT2D eigenvalue weighted by molar-refractivity contribution is -0.115. The standard InChI is InChI=1S/C20H19ClN2O2S/c1-2-3-12-25-17-10-4-14(5-11-17)13-18-19(24)23-20(26-18)22-16-8-6-15(21)7-9-16/h4-11,13H,2-3,12H2,1H3,(H,22,23,24)/b18-13-. The number of benzene rings is 2. The highest BCUT2D eigenvalue weighted by atomic mass is 35.5. The molecule has 0 bridgehead atoms. The van der Waals surface area contributed by atoms with E-state index in [-0.39, 0.29) is 5.91 Å². The van der Waals surface area contributed by atoms with Crippen LogP contribution >= 0.6 is 23.4 Å². The van der Waals surface area contributed by atoms with Crippen molar-refractivity contribution in [3.05, 3.63) is 64.0 Å². The first-order valence-electron chi connectivity index (χ1n) is 8.42. The van der Waals surface area contributed by atoms with Gasteiger partial charge in [-0.2, -0.15) is 0 Å². The molecule has 1 saturated heterocycles. The van der Waals surface area contributed by atoms with Gasteiger partial charge in [-0.15, -0.1) is 0 Å². The summed E-state index contributed by atoms with van der Waals surface area (Å²) < 4.78 is 5.65. The average Bonchev–Trinajstić information content (AvgIpc) is 2.98. The Bertz CT molecular complexity index is 830. The molecular formula is C20H19ClN2O2S. The molecule has 3 rings (SSSR count). The zero-order valence-electron chi connectivity index (χ0n) is 14.4. The van der Waals surface area contributed by atoms with E-state index in [1.807, 2.05) is 30.3 Å². The van der Waals surface area contributed by atoms with Crippen molar-refractivity contribution in [2.24, 2.45) is 4.99 Å². The average molecular weight is 387 g/mol. The second kappa shape index (κ2) is 8.92. The first-order chi connectivity index (χ1) is 12.6. The highest BCUT2D eigenvalue weighted by molar-refractivity contribution is 8.18. The molecule has 2 aromatic carbocycles. The Morgan fingerprint density at radius 3 is 2.58 bits per heavy atom. The summed E-state index contributed by atoms with van der Waals surface area (Å²) in [6.07, 6.45) is 4.00. The van der Waals surface area contributed by atoms with Crippen LogP contribution in [0.4, 0.5) is 5.69 Å². The van der Waals surface area contributed by atoms with E-state index in [0.29, 0.717) is 15.1 Å². The van der Waals surface area contributed by atoms with Crippen molar-refractivity contribution in [3.63, 3.8) is 0 Å². The summed E-state index contributed by atoms with van der Waals surface area (Å²) in [6, 6.07) is 14.9. The molecule has 1 N–H and O–H groups in total. The topological polar surface area (TPSA) is 50.7 Å². The van der Waals surface area contributed by atoms with E-state index in [1.165, 1.54) is 11.8 Å². The van der Waals surface area contributed by atoms with Crippen LogP contribution in [0.1, 0.15) is 25.3 Å². The summed E-state index contributed by atoms with van der Waals surface area (Å²) >= 11 is 7.19. The number of carbonyl (C=O) groups excluding carboxylic acids is 1. The molecule has 6 heteroatoms. The van der Waals surface area contributed by atoms with E-state index in [9.17, 15) is 4.79 Å². The highest BCUT2D eigenvalue weighted by Gasteiger charge is 2.23. The van der Waals surface area contributed by atoms with Crippen LogP contribution in [0.25, 0.3) is 6.08 Å². The summed E-state index contributed by atoms with van der Waals surface area (Å²) in [6.45, 7) is 2.85. The Balaban J connectivity index is 1.67. The van der Waals surface area contributed by atoms with Crippen molar-refractivity contribution < 1.29 is 9.53 Å². The lowest BCUT2D eigenvalue weighted by atomic mass is 10.2. The molecular weight excluding hydrogens is 368 g/mol. The van der Waals surface area contributed by atoms with Crippen LogP contribution in [0.3, 0.4) is 0 Å². The second-order valence-corrected chi connectivity index (χ2v) is 7.20. The summed E-state index contributed by atoms with van der Waals surface area (Å²) in [5, 5.41) is 3.99. The van der Waals surface area contributed by atoms with Crippen LogP contribution in [0.15, 0.2) is 58.4 Å². The molecule has 0 spiro atoms. The number of hydrogen-bond donors (Lipinski definition) is 1. The van der Waals surface area contributed by atoms with Crippen LogP contribution in [0, 0.1) is 0 Å². The van der Waals surface area contributed by atoms with E-state index in [4.69, 9.17) is 16.3 Å². The summed E-state index contributed by atoms with van der Waals surface area (Å²) in [5.74, 6) is 0.695. The van der Waals surface area contributed by atoms with Crippen molar-refractivity contribution >= 4 is 46.2 Å². The molecule has 0 radical (unpaired) electrons. The predicted octanol–water partition coefficient (Wildman–Crippen LogP) is 5.41. The summed E-state index contributed by atoms with van der Waals surface area (Å²) in [5.41, 5.74) is 1.69. The van der Waals surface area contributed by atoms with Crippen LogP contribution in [0.2, 0.25) is 5.02 Å². The number of ether oxygens (including phenoxy) is 1. The quantitative estimate of drug-likeness (QED) is 0.533. The van der Waals surface area contributed by atoms with Crippen LogP contribution < -0.4 is 10.1 Å². The molecule has 1 fully saturated rings. The van der Waals surface area contributed by atoms with Gasteiger partial charge < -0.3 is 10.1 Å². The largest absolute Gasteiger partial charge is 0.494 e. The number of halogens is 1. The molecule has 0 aromatic heterocycles. The third-order valence-corrected chi connectivity index (χ3v) is 4.81. The third-order valence-electron chi connectivity index (χ3n) is 3.65. The molecule has 26 heavy (non-hydrogen) atoms. The van der Waals surface area contributed by atoms with Crippen molar-refractivity contribution in [3.8, 4) is 5.75 Å². The van der Waals surface area contributed by atoms with Gasteiger partial charge in [-0.1, -0.05) is 37.1 Å². The fourth-order valence-electron chi connectivity index (χ4n) is 2.26. The fourth-order valence-corrected chi connectivity index (χ4v) is 3.23. The maximum atomic E-state index is 12.1. The number of aliphatic imine (C=N–C) groups is 1. The lowest BCUT2D eigenvalue weighted by Crippen LogP contribution is -2.19. The van der Waals surface area contributed by atoms with Gasteiger partial charge in [0.05, 0.1) is 17.2 Å². The number of amidine groups is 1. The SMILES string of the molecule is CCCCOc1ccc(/C=C2\SC(=Nc3ccc(Cl)cc3)NC2=O)cc1. The van der Waals surface area contributed by atoms with Crippen LogP contribution in [0.5, 0.6) is 5.75 Å². The normalized spacial score (nSPS) is 16.9. The van der Waals surface area contributed by atoms with Gasteiger partial charge in [-0.25, -0.2) is 4.99 Å². The molecule has 0 aliphatic carbocycles. The zero-order chi connectivity index (χ0) is 18.4. The van der Waals surface area contributed by atoms with Gasteiger partial charge in [0.25, 0.3) is 5.91 Å². The van der Waals surface area contributed by atoms with Gasteiger partial charge in [-0.3, -0.25) is 4.79 Å². The van der Waals surface area contributed by atoms with Gasteiger partial charge in [0.1, 0.15) is 5.75 Å². The lowest BCUT2D eigenvalue weighted by Gasteiger charge is -2.05. The van der Waals surface area contributed by atoms with Gasteiger partial charge in [0.2, 0.25) is 0 Å². The van der Waals surface area contributed by atoms with Crippen molar-refractivity contribution in [1.29, 1.82) is 0 Å². The Hall–Kier alpha value is -2.24. The third kappa shape index (κ3) is 5.13. The van der Waals surface area contributed by atoms with E-state index in [0.717, 1.165) is 36.4 Å². The monoisotopic (exact) mass is 386 g/mol. The Kier molecular flexibility index (Phi) is 6.36. The van der Waals surface area contributed by atoms with E-state index < -0.39 is 0 Å². The minimum absolute atomic E-state index is 0.147. The Morgan fingerprint density at radius 1 is 1.15 bits per heavy atom. The number of thioether (sulfide) groups is 1. The number of amides is 1. The van der Waals surface area contributed by atoms with Gasteiger partial charge in [0.15, 0.2) is 5.17 Å². The molecule has 1 amide bonds. The van der Waals surface area contributed by atoms with Crippen LogP contribution in [-0.2, 0) is 4.79 Å². The van der Waals surface area contributed by atoms with E-state index >= 15 is 0 Å². The highest BCUT2D eigenvalue weighted by Crippen LogP contribution is 2.28. The van der Waals surface area contributed by atoms with Gasteiger partial charge >= 0.3 is 0 Å². The van der Waals surface area contributed by atoms with Gasteiger partial charge in [-0.05, 0) is 66.2 Å². The van der Waals surface area contributed by atoms with Gasteiger partial charge in [0, 0.05) is 5.02 Å². The maximum Gasteiger partial charge on any atom is 0.264 e. The molecule has 1 aliphatic rings. The number of carbonyl (C=O) groups is 1. The number of hydrogen-bond acceptors (Lipinski definition) is 4. The molecule has 4 nitrogen and oxygen atoms in total. The molecule has 1 heterocycles. The fraction of sp³-hybridized carbons (Fsp3) is 0.200. The molecule has 0 atom stereocenters. The number of unbranched alkanes of at least 4 members (excludes halogenated alkanes) is 1. The molecule has 2 aromatic rings. The van der Waals surface area contributed by atoms with E-state index in [1.54, 1.807) is 24.3 Å². The molecule has 0 saturated carbocycles.